The van der Waals surface area contributed by atoms with Crippen LogP contribution in [0, 0.1) is 5.41 Å². The largest absolute Gasteiger partial charge is 0.337 e. The molecule has 0 spiro atoms. The van der Waals surface area contributed by atoms with Gasteiger partial charge in [-0.25, -0.2) is 0 Å². The number of hydrogen-bond donors (Lipinski definition) is 1. The second kappa shape index (κ2) is 4.60. The molecule has 2 aliphatic rings. The lowest BCUT2D eigenvalue weighted by Crippen LogP contribution is -2.53. The van der Waals surface area contributed by atoms with E-state index in [1.54, 1.807) is 0 Å². The van der Waals surface area contributed by atoms with Gasteiger partial charge in [0, 0.05) is 12.1 Å². The van der Waals surface area contributed by atoms with Crippen LogP contribution < -0.4 is 5.32 Å². The third-order valence-corrected chi connectivity index (χ3v) is 4.84. The van der Waals surface area contributed by atoms with Crippen LogP contribution >= 0.6 is 0 Å². The van der Waals surface area contributed by atoms with Crippen LogP contribution in [0.2, 0.25) is 0 Å². The molecule has 0 aliphatic carbocycles. The Hall–Kier alpha value is -0.570. The first-order chi connectivity index (χ1) is 8.02. The summed E-state index contributed by atoms with van der Waals surface area (Å²) in [5, 5.41) is 3.37. The average molecular weight is 238 g/mol. The van der Waals surface area contributed by atoms with Crippen LogP contribution in [0.15, 0.2) is 0 Å². The lowest BCUT2D eigenvalue weighted by Gasteiger charge is -2.42. The topological polar surface area (TPSA) is 32.3 Å². The van der Waals surface area contributed by atoms with Crippen molar-refractivity contribution in [1.29, 1.82) is 0 Å². The highest BCUT2D eigenvalue weighted by molar-refractivity contribution is 5.83. The van der Waals surface area contributed by atoms with E-state index in [4.69, 9.17) is 0 Å². The predicted molar refractivity (Wildman–Crippen MR) is 69.9 cm³/mol. The number of likely N-dealkylation sites (tertiary alicyclic amines) is 1. The van der Waals surface area contributed by atoms with Crippen molar-refractivity contribution in [2.45, 2.75) is 58.4 Å². The first kappa shape index (κ1) is 12.9. The van der Waals surface area contributed by atoms with Crippen LogP contribution in [0.25, 0.3) is 0 Å². The number of nitrogens with zero attached hydrogens (tertiary/aromatic N) is 1. The number of amides is 1. The first-order valence-electron chi connectivity index (χ1n) is 7.05. The Bertz CT molecular complexity index is 293. The molecule has 3 heteroatoms. The molecule has 3 nitrogen and oxygen atoms in total. The van der Waals surface area contributed by atoms with Crippen LogP contribution in [0.3, 0.4) is 0 Å². The lowest BCUT2D eigenvalue weighted by atomic mass is 9.75. The van der Waals surface area contributed by atoms with Gasteiger partial charge in [-0.05, 0) is 59.0 Å². The zero-order valence-corrected chi connectivity index (χ0v) is 11.5. The lowest BCUT2D eigenvalue weighted by molar-refractivity contribution is -0.147. The fourth-order valence-electron chi connectivity index (χ4n) is 3.39. The number of carbonyl (C=O) groups is 1. The summed E-state index contributed by atoms with van der Waals surface area (Å²) in [6.45, 7) is 9.54. The van der Waals surface area contributed by atoms with Crippen LogP contribution in [0.4, 0.5) is 0 Å². The molecule has 2 aliphatic heterocycles. The maximum atomic E-state index is 12.9. The quantitative estimate of drug-likeness (QED) is 0.799. The molecule has 0 aromatic rings. The second-order valence-electron chi connectivity index (χ2n) is 6.26. The maximum Gasteiger partial charge on any atom is 0.229 e. The van der Waals surface area contributed by atoms with Crippen molar-refractivity contribution >= 4 is 5.91 Å². The summed E-state index contributed by atoms with van der Waals surface area (Å²) in [5.74, 6) is 0.420. The average Bonchev–Trinajstić information content (AvgIpc) is 2.69. The van der Waals surface area contributed by atoms with Gasteiger partial charge in [0.2, 0.25) is 5.91 Å². The Kier molecular flexibility index (Phi) is 3.48. The minimum Gasteiger partial charge on any atom is -0.337 e. The van der Waals surface area contributed by atoms with E-state index in [1.807, 2.05) is 0 Å². The molecular weight excluding hydrogens is 212 g/mol. The SMILES string of the molecule is CCC1(C(=O)N2CCCC2(C)C)CCNCC1. The van der Waals surface area contributed by atoms with Gasteiger partial charge in [-0.2, -0.15) is 0 Å². The summed E-state index contributed by atoms with van der Waals surface area (Å²) in [5.41, 5.74) is -0.00299. The fourth-order valence-corrected chi connectivity index (χ4v) is 3.39. The van der Waals surface area contributed by atoms with Gasteiger partial charge >= 0.3 is 0 Å². The molecule has 17 heavy (non-hydrogen) atoms. The van der Waals surface area contributed by atoms with Crippen molar-refractivity contribution in [2.24, 2.45) is 5.41 Å². The van der Waals surface area contributed by atoms with Crippen molar-refractivity contribution < 1.29 is 4.79 Å². The van der Waals surface area contributed by atoms with E-state index in [0.717, 1.165) is 51.7 Å². The van der Waals surface area contributed by atoms with Crippen LogP contribution in [-0.4, -0.2) is 36.0 Å². The number of piperidine rings is 1. The summed E-state index contributed by atoms with van der Waals surface area (Å²) >= 11 is 0. The molecular formula is C14H26N2O. The highest BCUT2D eigenvalue weighted by atomic mass is 16.2. The van der Waals surface area contributed by atoms with E-state index in [9.17, 15) is 4.79 Å². The smallest absolute Gasteiger partial charge is 0.229 e. The van der Waals surface area contributed by atoms with Gasteiger partial charge in [-0.1, -0.05) is 6.92 Å². The van der Waals surface area contributed by atoms with Crippen molar-refractivity contribution in [2.75, 3.05) is 19.6 Å². The van der Waals surface area contributed by atoms with Gasteiger partial charge in [0.15, 0.2) is 0 Å². The van der Waals surface area contributed by atoms with E-state index < -0.39 is 0 Å². The number of carbonyl (C=O) groups excluding carboxylic acids is 1. The highest BCUT2D eigenvalue weighted by Gasteiger charge is 2.45. The third-order valence-electron chi connectivity index (χ3n) is 4.84. The van der Waals surface area contributed by atoms with E-state index >= 15 is 0 Å². The van der Waals surface area contributed by atoms with E-state index in [1.165, 1.54) is 0 Å². The molecule has 2 rings (SSSR count). The Labute approximate surface area is 105 Å². The maximum absolute atomic E-state index is 12.9. The molecule has 2 fully saturated rings. The number of nitrogens with one attached hydrogen (secondary N) is 1. The van der Waals surface area contributed by atoms with Crippen molar-refractivity contribution in [3.63, 3.8) is 0 Å². The summed E-state index contributed by atoms with van der Waals surface area (Å²) in [4.78, 5) is 15.0. The highest BCUT2D eigenvalue weighted by Crippen LogP contribution is 2.39. The van der Waals surface area contributed by atoms with E-state index in [2.05, 4.69) is 31.0 Å². The van der Waals surface area contributed by atoms with Crippen molar-refractivity contribution in [3.05, 3.63) is 0 Å². The molecule has 2 heterocycles. The molecule has 1 amide bonds. The molecule has 2 saturated heterocycles. The molecule has 1 N–H and O–H groups in total. The zero-order valence-electron chi connectivity index (χ0n) is 11.5. The normalized spacial score (nSPS) is 27.1. The summed E-state index contributed by atoms with van der Waals surface area (Å²) in [7, 11) is 0. The Morgan fingerprint density at radius 1 is 1.24 bits per heavy atom. The Morgan fingerprint density at radius 2 is 1.88 bits per heavy atom. The zero-order chi connectivity index (χ0) is 12.5. The van der Waals surface area contributed by atoms with Gasteiger partial charge in [-0.3, -0.25) is 4.79 Å². The Morgan fingerprint density at radius 3 is 2.35 bits per heavy atom. The molecule has 0 atom stereocenters. The second-order valence-corrected chi connectivity index (χ2v) is 6.26. The van der Waals surface area contributed by atoms with Crippen molar-refractivity contribution in [1.82, 2.24) is 10.2 Å². The summed E-state index contributed by atoms with van der Waals surface area (Å²) < 4.78 is 0. The van der Waals surface area contributed by atoms with Gasteiger partial charge in [0.25, 0.3) is 0 Å². The van der Waals surface area contributed by atoms with Crippen LogP contribution in [-0.2, 0) is 4.79 Å². The molecule has 0 bridgehead atoms. The molecule has 0 aromatic carbocycles. The minimum atomic E-state index is -0.0765. The molecule has 0 aromatic heterocycles. The standard InChI is InChI=1S/C14H26N2O/c1-4-14(7-9-15-10-8-14)12(17)16-11-5-6-13(16,2)3/h15H,4-11H2,1-3H3. The minimum absolute atomic E-state index is 0.0735. The summed E-state index contributed by atoms with van der Waals surface area (Å²) in [6, 6.07) is 0. The molecule has 0 radical (unpaired) electrons. The van der Waals surface area contributed by atoms with E-state index in [-0.39, 0.29) is 11.0 Å². The predicted octanol–water partition coefficient (Wildman–Crippen LogP) is 2.17. The Balaban J connectivity index is 2.17. The van der Waals surface area contributed by atoms with Crippen LogP contribution in [0.1, 0.15) is 52.9 Å². The van der Waals surface area contributed by atoms with Gasteiger partial charge in [0.05, 0.1) is 5.41 Å². The van der Waals surface area contributed by atoms with Gasteiger partial charge in [0.1, 0.15) is 0 Å². The molecule has 0 saturated carbocycles. The fraction of sp³-hybridized carbons (Fsp3) is 0.929. The number of hydrogen-bond acceptors (Lipinski definition) is 2. The van der Waals surface area contributed by atoms with Gasteiger partial charge in [-0.15, -0.1) is 0 Å². The first-order valence-corrected chi connectivity index (χ1v) is 7.05. The van der Waals surface area contributed by atoms with Crippen LogP contribution in [0.5, 0.6) is 0 Å². The van der Waals surface area contributed by atoms with Gasteiger partial charge < -0.3 is 10.2 Å². The monoisotopic (exact) mass is 238 g/mol. The van der Waals surface area contributed by atoms with E-state index in [0.29, 0.717) is 5.91 Å². The van der Waals surface area contributed by atoms with Crippen molar-refractivity contribution in [3.8, 4) is 0 Å². The number of rotatable bonds is 2. The molecule has 98 valence electrons. The molecule has 0 unspecified atom stereocenters. The summed E-state index contributed by atoms with van der Waals surface area (Å²) in [6.07, 6.45) is 5.32. The third kappa shape index (κ3) is 2.22.